The predicted molar refractivity (Wildman–Crippen MR) is 205 cm³/mol. The van der Waals surface area contributed by atoms with Gasteiger partial charge in [0.1, 0.15) is 49.3 Å². The lowest BCUT2D eigenvalue weighted by Crippen LogP contribution is -2.70. The summed E-state index contributed by atoms with van der Waals surface area (Å²) >= 11 is 0. The summed E-state index contributed by atoms with van der Waals surface area (Å²) in [5.74, 6) is -1.77. The highest BCUT2D eigenvalue weighted by atomic mass is 16.8. The fraction of sp³-hybridized carbons (Fsp3) is 0.953. The third kappa shape index (κ3) is 6.32. The van der Waals surface area contributed by atoms with Crippen molar-refractivity contribution in [1.29, 1.82) is 0 Å². The van der Waals surface area contributed by atoms with E-state index in [4.69, 9.17) is 23.7 Å². The van der Waals surface area contributed by atoms with E-state index in [1.165, 1.54) is 5.57 Å². The van der Waals surface area contributed by atoms with Crippen molar-refractivity contribution in [3.05, 3.63) is 11.6 Å². The molecule has 328 valence electrons. The Morgan fingerprint density at radius 3 is 2.07 bits per heavy atom. The van der Waals surface area contributed by atoms with E-state index in [1.54, 1.807) is 7.11 Å². The Morgan fingerprint density at radius 2 is 1.46 bits per heavy atom. The summed E-state index contributed by atoms with van der Waals surface area (Å²) in [5, 5.41) is 97.1. The second kappa shape index (κ2) is 14.9. The molecule has 9 N–H and O–H groups in total. The van der Waals surface area contributed by atoms with E-state index in [1.807, 2.05) is 0 Å². The molecule has 57 heavy (non-hydrogen) atoms. The standard InChI is InChI=1S/C43H72O14/c1-37(2)13-14-42(20-46)23(16-37)22-15-24(53-8)34-39(5)11-10-29(38(3,4)27(39)9-12-40(34,6)41(22,7)17-28(42)48)57-43(21-47)35(52)33(26(19-45)56-43)55-36-32(51)31(50)30(49)25(18-44)54-36/h15,23-36,44-52H,9-14,16-21H2,1-8H3/t23-,24-,25-,26-,27-,28-,29-,30-,31+,32-,33-,34-,35+,36+,39-,40-,41+,42-,43+/m1/s1. The Morgan fingerprint density at radius 1 is 0.772 bits per heavy atom. The summed E-state index contributed by atoms with van der Waals surface area (Å²) in [6, 6.07) is 0. The zero-order valence-electron chi connectivity index (χ0n) is 35.2. The van der Waals surface area contributed by atoms with Crippen LogP contribution in [0.3, 0.4) is 0 Å². The largest absolute Gasteiger partial charge is 0.396 e. The summed E-state index contributed by atoms with van der Waals surface area (Å²) < 4.78 is 30.8. The Kier molecular flexibility index (Phi) is 11.6. The molecule has 0 amide bonds. The fourth-order valence-electron chi connectivity index (χ4n) is 14.2. The van der Waals surface area contributed by atoms with Gasteiger partial charge in [-0.2, -0.15) is 0 Å². The van der Waals surface area contributed by atoms with E-state index >= 15 is 0 Å². The average molecular weight is 813 g/mol. The molecule has 0 unspecified atom stereocenters. The Labute approximate surface area is 337 Å². The molecule has 0 aromatic heterocycles. The van der Waals surface area contributed by atoms with Crippen molar-refractivity contribution in [2.24, 2.45) is 50.2 Å². The first-order chi connectivity index (χ1) is 26.6. The van der Waals surface area contributed by atoms with Crippen LogP contribution in [0.2, 0.25) is 0 Å². The first-order valence-electron chi connectivity index (χ1n) is 21.4. The number of rotatable bonds is 9. The Bertz CT molecular complexity index is 1510. The second-order valence-electron chi connectivity index (χ2n) is 21.2. The van der Waals surface area contributed by atoms with Gasteiger partial charge in [-0.05, 0) is 90.3 Å². The van der Waals surface area contributed by atoms with Gasteiger partial charge in [0.25, 0.3) is 0 Å². The first-order valence-corrected chi connectivity index (χ1v) is 21.4. The first kappa shape index (κ1) is 44.2. The normalized spacial score (nSPS) is 54.2. The number of fused-ring (bicyclic) bond motifs is 7. The number of hydrogen-bond donors (Lipinski definition) is 9. The predicted octanol–water partition coefficient (Wildman–Crippen LogP) is 1.39. The summed E-state index contributed by atoms with van der Waals surface area (Å²) in [6.45, 7) is 14.0. The molecule has 0 aromatic rings. The van der Waals surface area contributed by atoms with Gasteiger partial charge in [0, 0.05) is 18.4 Å². The van der Waals surface area contributed by atoms with Crippen LogP contribution in [0.25, 0.3) is 0 Å². The van der Waals surface area contributed by atoms with Gasteiger partial charge in [-0.15, -0.1) is 0 Å². The average Bonchev–Trinajstić information content (AvgIpc) is 3.42. The zero-order chi connectivity index (χ0) is 41.9. The summed E-state index contributed by atoms with van der Waals surface area (Å²) in [5.41, 5.74) is -0.461. The highest BCUT2D eigenvalue weighted by Gasteiger charge is 2.72. The van der Waals surface area contributed by atoms with Crippen molar-refractivity contribution in [1.82, 2.24) is 0 Å². The quantitative estimate of drug-likeness (QED) is 0.150. The molecule has 2 heterocycles. The number of hydrogen-bond acceptors (Lipinski definition) is 14. The van der Waals surface area contributed by atoms with Crippen LogP contribution in [0.1, 0.15) is 99.8 Å². The molecule has 0 spiro atoms. The van der Waals surface area contributed by atoms with Crippen LogP contribution in [0.4, 0.5) is 0 Å². The van der Waals surface area contributed by atoms with Gasteiger partial charge in [0.2, 0.25) is 5.79 Å². The molecule has 6 fully saturated rings. The number of aliphatic hydroxyl groups is 9. The van der Waals surface area contributed by atoms with Gasteiger partial charge in [0.05, 0.1) is 38.1 Å². The lowest BCUT2D eigenvalue weighted by atomic mass is 9.33. The highest BCUT2D eigenvalue weighted by Crippen LogP contribution is 2.76. The van der Waals surface area contributed by atoms with Crippen LogP contribution in [-0.2, 0) is 23.7 Å². The maximum atomic E-state index is 12.1. The van der Waals surface area contributed by atoms with Crippen molar-refractivity contribution in [3.8, 4) is 0 Å². The van der Waals surface area contributed by atoms with Gasteiger partial charge >= 0.3 is 0 Å². The molecule has 0 radical (unpaired) electrons. The van der Waals surface area contributed by atoms with Crippen LogP contribution in [0.15, 0.2) is 11.6 Å². The lowest BCUT2D eigenvalue weighted by molar-refractivity contribution is -0.330. The van der Waals surface area contributed by atoms with Crippen LogP contribution < -0.4 is 0 Å². The highest BCUT2D eigenvalue weighted by molar-refractivity contribution is 5.37. The maximum Gasteiger partial charge on any atom is 0.221 e. The van der Waals surface area contributed by atoms with Gasteiger partial charge < -0.3 is 69.6 Å². The minimum Gasteiger partial charge on any atom is -0.396 e. The van der Waals surface area contributed by atoms with E-state index in [0.717, 1.165) is 38.5 Å². The Hall–Kier alpha value is -0.820. The van der Waals surface area contributed by atoms with E-state index in [2.05, 4.69) is 54.5 Å². The molecule has 14 heteroatoms. The van der Waals surface area contributed by atoms with Crippen molar-refractivity contribution in [2.75, 3.05) is 33.5 Å². The molecule has 7 aliphatic rings. The minimum atomic E-state index is -2.01. The molecular weight excluding hydrogens is 740 g/mol. The minimum absolute atomic E-state index is 0.0388. The third-order valence-electron chi connectivity index (χ3n) is 17.7. The third-order valence-corrected chi connectivity index (χ3v) is 17.7. The molecule has 2 saturated heterocycles. The van der Waals surface area contributed by atoms with Crippen molar-refractivity contribution < 1.29 is 69.6 Å². The number of ether oxygens (including phenoxy) is 5. The number of methoxy groups -OCH3 is 1. The van der Waals surface area contributed by atoms with Crippen LogP contribution in [0, 0.1) is 50.2 Å². The topological polar surface area (TPSA) is 228 Å². The van der Waals surface area contributed by atoms with Crippen molar-refractivity contribution in [3.63, 3.8) is 0 Å². The van der Waals surface area contributed by atoms with Crippen molar-refractivity contribution >= 4 is 0 Å². The molecule has 4 saturated carbocycles. The smallest absolute Gasteiger partial charge is 0.221 e. The van der Waals surface area contributed by atoms with E-state index < -0.39 is 97.7 Å². The van der Waals surface area contributed by atoms with Gasteiger partial charge in [0.15, 0.2) is 6.29 Å². The molecule has 0 bridgehead atoms. The van der Waals surface area contributed by atoms with Crippen LogP contribution in [0.5, 0.6) is 0 Å². The molecule has 19 atom stereocenters. The van der Waals surface area contributed by atoms with E-state index in [0.29, 0.717) is 12.8 Å². The zero-order valence-corrected chi connectivity index (χ0v) is 35.2. The van der Waals surface area contributed by atoms with Gasteiger partial charge in [-0.3, -0.25) is 0 Å². The summed E-state index contributed by atoms with van der Waals surface area (Å²) in [4.78, 5) is 0. The second-order valence-corrected chi connectivity index (χ2v) is 21.2. The van der Waals surface area contributed by atoms with Crippen molar-refractivity contribution in [2.45, 2.75) is 173 Å². The SMILES string of the molecule is CO[C@@H]1C=C2[C@H]3CC(C)(C)CC[C@]3(CO)[C@H](O)C[C@]2(C)[C@]2(C)CC[C@@H]3C(C)(C)[C@H](O[C@]4(CO)O[C@H](CO)[C@@H](O[C@@H]5O[C@H](CO)[C@@H](O)[C@H](O)[C@H]5O)[C@@H]4O)CC[C@@]3(C)[C@@H]12. The van der Waals surface area contributed by atoms with Gasteiger partial charge in [-0.1, -0.05) is 60.1 Å². The Balaban J connectivity index is 1.17. The molecule has 5 aliphatic carbocycles. The molecule has 7 rings (SSSR count). The molecule has 0 aromatic carbocycles. The monoisotopic (exact) mass is 812 g/mol. The number of aliphatic hydroxyl groups excluding tert-OH is 9. The molecule has 2 aliphatic heterocycles. The molecule has 14 nitrogen and oxygen atoms in total. The van der Waals surface area contributed by atoms with Gasteiger partial charge in [-0.25, -0.2) is 0 Å². The van der Waals surface area contributed by atoms with E-state index in [-0.39, 0.29) is 52.1 Å². The molecular formula is C43H72O14. The van der Waals surface area contributed by atoms with Crippen LogP contribution in [-0.4, -0.2) is 153 Å². The lowest BCUT2D eigenvalue weighted by Gasteiger charge is -2.73. The fourth-order valence-corrected chi connectivity index (χ4v) is 14.2. The van der Waals surface area contributed by atoms with Crippen LogP contribution >= 0.6 is 0 Å². The summed E-state index contributed by atoms with van der Waals surface area (Å²) in [7, 11) is 1.80. The summed E-state index contributed by atoms with van der Waals surface area (Å²) in [6.07, 6.45) is -4.87. The van der Waals surface area contributed by atoms with E-state index in [9.17, 15) is 46.0 Å². The maximum absolute atomic E-state index is 12.1. The number of allylic oxidation sites excluding steroid dienone is 1.